The average Bonchev–Trinajstić information content (AvgIpc) is 2.35. The van der Waals surface area contributed by atoms with Crippen molar-refractivity contribution in [3.8, 4) is 5.75 Å². The van der Waals surface area contributed by atoms with E-state index in [1.165, 1.54) is 39.2 Å². The Morgan fingerprint density at radius 3 is 2.32 bits per heavy atom. The summed E-state index contributed by atoms with van der Waals surface area (Å²) in [5.74, 6) is -1.67. The van der Waals surface area contributed by atoms with Crippen molar-refractivity contribution >= 4 is 27.6 Å². The van der Waals surface area contributed by atoms with Crippen LogP contribution in [0, 0.1) is 0 Å². The minimum atomic E-state index is -3.56. The fraction of sp³-hybridized carbons (Fsp3) is 0.385. The van der Waals surface area contributed by atoms with Crippen LogP contribution in [0.4, 0.5) is 5.69 Å². The van der Waals surface area contributed by atoms with Gasteiger partial charge < -0.3 is 15.2 Å². The zero-order valence-corrected chi connectivity index (χ0v) is 13.4. The molecule has 1 aromatic carbocycles. The average molecular weight is 330 g/mol. The van der Waals surface area contributed by atoms with E-state index in [9.17, 15) is 18.0 Å². The highest BCUT2D eigenvalue weighted by Crippen LogP contribution is 2.24. The summed E-state index contributed by atoms with van der Waals surface area (Å²) in [4.78, 5) is 23.1. The van der Waals surface area contributed by atoms with Crippen LogP contribution >= 0.6 is 0 Å². The van der Waals surface area contributed by atoms with Crippen molar-refractivity contribution in [2.75, 3.05) is 18.7 Å². The quantitative estimate of drug-likeness (QED) is 0.704. The molecular formula is C13H18N2O6S. The number of hydrogen-bond donors (Lipinski definition) is 3. The van der Waals surface area contributed by atoms with Crippen molar-refractivity contribution in [3.63, 3.8) is 0 Å². The van der Waals surface area contributed by atoms with Crippen LogP contribution < -0.4 is 14.8 Å². The summed E-state index contributed by atoms with van der Waals surface area (Å²) in [5, 5.41) is 11.5. The largest absolute Gasteiger partial charge is 0.496 e. The van der Waals surface area contributed by atoms with E-state index in [1.807, 2.05) is 0 Å². The minimum absolute atomic E-state index is 0.0472. The van der Waals surface area contributed by atoms with E-state index in [4.69, 9.17) is 9.84 Å². The van der Waals surface area contributed by atoms with Crippen molar-refractivity contribution in [3.05, 3.63) is 23.8 Å². The molecule has 0 atom stereocenters. The van der Waals surface area contributed by atoms with Crippen LogP contribution in [-0.2, 0) is 14.8 Å². The first kappa shape index (κ1) is 17.9. The van der Waals surface area contributed by atoms with Gasteiger partial charge in [0, 0.05) is 11.8 Å². The standard InChI is InChI=1S/C13H18N2O6S/c1-13(2,15-22(4,19)20)12(18)14-8-5-6-9(11(16)17)10(7-8)21-3/h5-7,15H,1-4H3,(H,14,18)(H,16,17). The van der Waals surface area contributed by atoms with Gasteiger partial charge in [0.15, 0.2) is 0 Å². The molecule has 0 saturated carbocycles. The molecule has 22 heavy (non-hydrogen) atoms. The molecule has 0 spiro atoms. The lowest BCUT2D eigenvalue weighted by molar-refractivity contribution is -0.120. The molecule has 0 bridgehead atoms. The van der Waals surface area contributed by atoms with Crippen LogP contribution in [0.1, 0.15) is 24.2 Å². The maximum absolute atomic E-state index is 12.1. The first-order valence-corrected chi connectivity index (χ1v) is 8.07. The summed E-state index contributed by atoms with van der Waals surface area (Å²) >= 11 is 0. The van der Waals surface area contributed by atoms with Gasteiger partial charge in [-0.05, 0) is 26.0 Å². The number of rotatable bonds is 6. The van der Waals surface area contributed by atoms with Gasteiger partial charge in [0.1, 0.15) is 16.9 Å². The molecule has 0 aliphatic rings. The summed E-state index contributed by atoms with van der Waals surface area (Å²) in [6.07, 6.45) is 0.951. The monoisotopic (exact) mass is 330 g/mol. The van der Waals surface area contributed by atoms with Crippen LogP contribution in [0.25, 0.3) is 0 Å². The van der Waals surface area contributed by atoms with E-state index >= 15 is 0 Å². The van der Waals surface area contributed by atoms with Gasteiger partial charge in [0.05, 0.1) is 13.4 Å². The van der Waals surface area contributed by atoms with E-state index in [-0.39, 0.29) is 17.0 Å². The molecule has 0 fully saturated rings. The van der Waals surface area contributed by atoms with Crippen molar-refractivity contribution in [1.82, 2.24) is 4.72 Å². The summed E-state index contributed by atoms with van der Waals surface area (Å²) in [6, 6.07) is 4.02. The molecule has 1 amide bonds. The second kappa shape index (κ2) is 6.32. The molecule has 0 aromatic heterocycles. The topological polar surface area (TPSA) is 122 Å². The number of amides is 1. The van der Waals surface area contributed by atoms with E-state index in [2.05, 4.69) is 10.0 Å². The molecule has 9 heteroatoms. The molecule has 0 heterocycles. The Bertz CT molecular complexity index is 696. The number of carboxylic acids is 1. The summed E-state index contributed by atoms with van der Waals surface area (Å²) in [7, 11) is -2.26. The number of carbonyl (C=O) groups excluding carboxylic acids is 1. The number of aromatic carboxylic acids is 1. The lowest BCUT2D eigenvalue weighted by Crippen LogP contribution is -2.51. The van der Waals surface area contributed by atoms with Gasteiger partial charge in [-0.3, -0.25) is 4.79 Å². The first-order chi connectivity index (χ1) is 9.96. The zero-order chi connectivity index (χ0) is 17.1. The highest BCUT2D eigenvalue weighted by Gasteiger charge is 2.31. The Kier molecular flexibility index (Phi) is 5.15. The van der Waals surface area contributed by atoms with E-state index in [1.54, 1.807) is 0 Å². The Hall–Kier alpha value is -2.13. The Morgan fingerprint density at radius 1 is 1.27 bits per heavy atom. The molecule has 1 aromatic rings. The third kappa shape index (κ3) is 4.71. The van der Waals surface area contributed by atoms with Crippen LogP contribution in [0.15, 0.2) is 18.2 Å². The highest BCUT2D eigenvalue weighted by molar-refractivity contribution is 7.88. The van der Waals surface area contributed by atoms with Crippen LogP contribution in [0.3, 0.4) is 0 Å². The van der Waals surface area contributed by atoms with Gasteiger partial charge in [0.2, 0.25) is 15.9 Å². The number of carboxylic acid groups (broad SMARTS) is 1. The number of carbonyl (C=O) groups is 2. The molecule has 0 radical (unpaired) electrons. The summed E-state index contributed by atoms with van der Waals surface area (Å²) < 4.78 is 29.7. The normalized spacial score (nSPS) is 11.8. The van der Waals surface area contributed by atoms with Gasteiger partial charge in [-0.15, -0.1) is 0 Å². The number of nitrogens with one attached hydrogen (secondary N) is 2. The molecule has 0 saturated heterocycles. The number of ether oxygens (including phenoxy) is 1. The third-order valence-corrected chi connectivity index (χ3v) is 3.58. The molecular weight excluding hydrogens is 312 g/mol. The molecule has 3 N–H and O–H groups in total. The number of benzene rings is 1. The minimum Gasteiger partial charge on any atom is -0.496 e. The first-order valence-electron chi connectivity index (χ1n) is 6.18. The predicted octanol–water partition coefficient (Wildman–Crippen LogP) is 0.660. The molecule has 1 rings (SSSR count). The predicted molar refractivity (Wildman–Crippen MR) is 80.6 cm³/mol. The van der Waals surface area contributed by atoms with E-state index < -0.39 is 27.4 Å². The fourth-order valence-electron chi connectivity index (χ4n) is 1.74. The number of hydrogen-bond acceptors (Lipinski definition) is 5. The third-order valence-electron chi connectivity index (χ3n) is 2.70. The van der Waals surface area contributed by atoms with Gasteiger partial charge in [-0.2, -0.15) is 0 Å². The van der Waals surface area contributed by atoms with Gasteiger partial charge in [-0.25, -0.2) is 17.9 Å². The zero-order valence-electron chi connectivity index (χ0n) is 12.6. The van der Waals surface area contributed by atoms with Crippen molar-refractivity contribution in [2.24, 2.45) is 0 Å². The molecule has 8 nitrogen and oxygen atoms in total. The molecule has 0 unspecified atom stereocenters. The highest BCUT2D eigenvalue weighted by atomic mass is 32.2. The summed E-state index contributed by atoms with van der Waals surface area (Å²) in [6.45, 7) is 2.82. The number of anilines is 1. The van der Waals surface area contributed by atoms with E-state index in [0.717, 1.165) is 6.26 Å². The van der Waals surface area contributed by atoms with Gasteiger partial charge in [0.25, 0.3) is 0 Å². The maximum Gasteiger partial charge on any atom is 0.339 e. The second-order valence-corrected chi connectivity index (χ2v) is 6.92. The van der Waals surface area contributed by atoms with Crippen LogP contribution in [-0.4, -0.2) is 44.3 Å². The Balaban J connectivity index is 3.00. The van der Waals surface area contributed by atoms with Crippen LogP contribution in [0.5, 0.6) is 5.75 Å². The summed E-state index contributed by atoms with van der Waals surface area (Å²) in [5.41, 5.74) is -1.13. The van der Waals surface area contributed by atoms with Crippen LogP contribution in [0.2, 0.25) is 0 Å². The van der Waals surface area contributed by atoms with Crippen molar-refractivity contribution < 1.29 is 27.9 Å². The molecule has 0 aliphatic heterocycles. The van der Waals surface area contributed by atoms with E-state index in [0.29, 0.717) is 0 Å². The van der Waals surface area contributed by atoms with Crippen molar-refractivity contribution in [2.45, 2.75) is 19.4 Å². The smallest absolute Gasteiger partial charge is 0.339 e. The fourth-order valence-corrected chi connectivity index (χ4v) is 2.76. The second-order valence-electron chi connectivity index (χ2n) is 5.17. The molecule has 0 aliphatic carbocycles. The Morgan fingerprint density at radius 2 is 1.86 bits per heavy atom. The maximum atomic E-state index is 12.1. The van der Waals surface area contributed by atoms with Gasteiger partial charge >= 0.3 is 5.97 Å². The number of methoxy groups -OCH3 is 1. The Labute approximate surface area is 128 Å². The SMILES string of the molecule is COc1cc(NC(=O)C(C)(C)NS(C)(=O)=O)ccc1C(=O)O. The lowest BCUT2D eigenvalue weighted by atomic mass is 10.1. The van der Waals surface area contributed by atoms with Crippen molar-refractivity contribution in [1.29, 1.82) is 0 Å². The van der Waals surface area contributed by atoms with Gasteiger partial charge in [-0.1, -0.05) is 0 Å². The lowest BCUT2D eigenvalue weighted by Gasteiger charge is -2.24. The number of sulfonamides is 1. The molecule has 122 valence electrons.